The zero-order chi connectivity index (χ0) is 22.2. The van der Waals surface area contributed by atoms with E-state index in [1.54, 1.807) is 0 Å². The summed E-state index contributed by atoms with van der Waals surface area (Å²) in [6.07, 6.45) is 1.48. The van der Waals surface area contributed by atoms with Crippen molar-refractivity contribution in [1.29, 1.82) is 5.26 Å². The molecule has 0 aliphatic heterocycles. The third kappa shape index (κ3) is 5.61. The summed E-state index contributed by atoms with van der Waals surface area (Å²) in [6, 6.07) is 22.7. The summed E-state index contributed by atoms with van der Waals surface area (Å²) in [5, 5.41) is 16.6. The fourth-order valence-corrected chi connectivity index (χ4v) is 4.21. The largest absolute Gasteiger partial charge is 0.353 e. The fourth-order valence-electron chi connectivity index (χ4n) is 4.21. The van der Waals surface area contributed by atoms with Gasteiger partial charge in [-0.05, 0) is 43.9 Å². The molecule has 5 heteroatoms. The standard InChI is InChI=1S/C26H30N4O/c1-19-24(21(3)30(29-19)18-10-17-27)15-16-25(31)28-20(2)26(22-11-6-4-7-12-22)23-13-8-5-9-14-23/h4-9,11-14,20,26H,10,15-16,18H2,1-3H3,(H,28,31)/t20-/m0/s1. The van der Waals surface area contributed by atoms with Crippen molar-refractivity contribution in [3.63, 3.8) is 0 Å². The van der Waals surface area contributed by atoms with Gasteiger partial charge in [-0.3, -0.25) is 9.48 Å². The fraction of sp³-hybridized carbons (Fsp3) is 0.346. The molecule has 0 unspecified atom stereocenters. The minimum atomic E-state index is -0.0437. The molecule has 0 bridgehead atoms. The van der Waals surface area contributed by atoms with Crippen molar-refractivity contribution in [2.75, 3.05) is 0 Å². The number of hydrogen-bond acceptors (Lipinski definition) is 3. The first-order valence-electron chi connectivity index (χ1n) is 10.8. The minimum absolute atomic E-state index is 0.0351. The van der Waals surface area contributed by atoms with Gasteiger partial charge in [-0.25, -0.2) is 0 Å². The Morgan fingerprint density at radius 3 is 2.19 bits per heavy atom. The quantitative estimate of drug-likeness (QED) is 0.552. The molecule has 2 aromatic carbocycles. The Hall–Kier alpha value is -3.39. The van der Waals surface area contributed by atoms with E-state index in [1.807, 2.05) is 54.9 Å². The van der Waals surface area contributed by atoms with E-state index in [2.05, 4.69) is 47.7 Å². The summed E-state index contributed by atoms with van der Waals surface area (Å²) in [6.45, 7) is 6.63. The van der Waals surface area contributed by atoms with Gasteiger partial charge in [-0.2, -0.15) is 10.4 Å². The van der Waals surface area contributed by atoms with E-state index in [-0.39, 0.29) is 17.9 Å². The van der Waals surface area contributed by atoms with Crippen LogP contribution in [-0.2, 0) is 17.8 Å². The van der Waals surface area contributed by atoms with Gasteiger partial charge in [0.1, 0.15) is 0 Å². The SMILES string of the molecule is Cc1nn(CCC#N)c(C)c1CCC(=O)N[C@@H](C)C(c1ccccc1)c1ccccc1. The molecule has 0 radical (unpaired) electrons. The van der Waals surface area contributed by atoms with Gasteiger partial charge in [-0.15, -0.1) is 0 Å². The molecule has 0 fully saturated rings. The van der Waals surface area contributed by atoms with Crippen molar-refractivity contribution in [3.05, 3.63) is 88.7 Å². The number of nitriles is 1. The third-order valence-electron chi connectivity index (χ3n) is 5.77. The topological polar surface area (TPSA) is 70.7 Å². The number of benzene rings is 2. The van der Waals surface area contributed by atoms with E-state index in [0.29, 0.717) is 25.8 Å². The van der Waals surface area contributed by atoms with Crippen molar-refractivity contribution in [1.82, 2.24) is 15.1 Å². The smallest absolute Gasteiger partial charge is 0.220 e. The summed E-state index contributed by atoms with van der Waals surface area (Å²) in [4.78, 5) is 12.8. The average Bonchev–Trinajstić information content (AvgIpc) is 3.05. The molecule has 1 N–H and O–H groups in total. The minimum Gasteiger partial charge on any atom is -0.353 e. The molecule has 160 valence electrons. The molecule has 1 aromatic heterocycles. The molecule has 0 spiro atoms. The Morgan fingerprint density at radius 1 is 1.06 bits per heavy atom. The van der Waals surface area contributed by atoms with Gasteiger partial charge in [0.25, 0.3) is 0 Å². The van der Waals surface area contributed by atoms with Crippen LogP contribution in [0.25, 0.3) is 0 Å². The lowest BCUT2D eigenvalue weighted by Gasteiger charge is -2.26. The number of carbonyl (C=O) groups excluding carboxylic acids is 1. The van der Waals surface area contributed by atoms with E-state index in [4.69, 9.17) is 5.26 Å². The number of carbonyl (C=O) groups is 1. The first kappa shape index (κ1) is 22.3. The zero-order valence-electron chi connectivity index (χ0n) is 18.5. The number of hydrogen-bond donors (Lipinski definition) is 1. The van der Waals surface area contributed by atoms with Gasteiger partial charge in [0, 0.05) is 24.1 Å². The Balaban J connectivity index is 1.68. The highest BCUT2D eigenvalue weighted by molar-refractivity contribution is 5.76. The maximum atomic E-state index is 12.8. The lowest BCUT2D eigenvalue weighted by Crippen LogP contribution is -2.37. The van der Waals surface area contributed by atoms with Crippen LogP contribution in [0.3, 0.4) is 0 Å². The number of amides is 1. The zero-order valence-corrected chi connectivity index (χ0v) is 18.5. The number of aromatic nitrogens is 2. The van der Waals surface area contributed by atoms with E-state index < -0.39 is 0 Å². The molecule has 31 heavy (non-hydrogen) atoms. The lowest BCUT2D eigenvalue weighted by atomic mass is 9.85. The van der Waals surface area contributed by atoms with E-state index in [0.717, 1.165) is 17.0 Å². The maximum Gasteiger partial charge on any atom is 0.220 e. The average molecular weight is 415 g/mol. The van der Waals surface area contributed by atoms with Gasteiger partial charge >= 0.3 is 0 Å². The number of nitrogens with one attached hydrogen (secondary N) is 1. The number of aryl methyl sites for hydroxylation is 2. The van der Waals surface area contributed by atoms with Gasteiger partial charge in [-0.1, -0.05) is 60.7 Å². The first-order chi connectivity index (χ1) is 15.0. The second kappa shape index (κ2) is 10.6. The molecule has 0 saturated carbocycles. The summed E-state index contributed by atoms with van der Waals surface area (Å²) >= 11 is 0. The van der Waals surface area contributed by atoms with Crippen LogP contribution in [0.5, 0.6) is 0 Å². The molecule has 3 rings (SSSR count). The molecule has 0 aliphatic carbocycles. The van der Waals surface area contributed by atoms with E-state index in [1.165, 1.54) is 11.1 Å². The van der Waals surface area contributed by atoms with Gasteiger partial charge in [0.15, 0.2) is 0 Å². The predicted octanol–water partition coefficient (Wildman–Crippen LogP) is 4.68. The Kier molecular flexibility index (Phi) is 7.61. The summed E-state index contributed by atoms with van der Waals surface area (Å²) in [5.41, 5.74) is 5.45. The highest BCUT2D eigenvalue weighted by Gasteiger charge is 2.23. The lowest BCUT2D eigenvalue weighted by molar-refractivity contribution is -0.121. The van der Waals surface area contributed by atoms with Gasteiger partial charge < -0.3 is 5.32 Å². The summed E-state index contributed by atoms with van der Waals surface area (Å²) < 4.78 is 1.87. The molecular formula is C26H30N4O. The van der Waals surface area contributed by atoms with Crippen LogP contribution in [-0.4, -0.2) is 21.7 Å². The van der Waals surface area contributed by atoms with Crippen molar-refractivity contribution in [3.8, 4) is 6.07 Å². The van der Waals surface area contributed by atoms with Crippen LogP contribution in [0.4, 0.5) is 0 Å². The maximum absolute atomic E-state index is 12.8. The monoisotopic (exact) mass is 414 g/mol. The molecule has 3 aromatic rings. The van der Waals surface area contributed by atoms with Crippen LogP contribution >= 0.6 is 0 Å². The Bertz CT molecular complexity index is 995. The molecule has 1 atom stereocenters. The van der Waals surface area contributed by atoms with E-state index in [9.17, 15) is 4.79 Å². The highest BCUT2D eigenvalue weighted by Crippen LogP contribution is 2.28. The molecule has 0 aliphatic rings. The second-order valence-corrected chi connectivity index (χ2v) is 7.94. The van der Waals surface area contributed by atoms with Crippen LogP contribution in [0, 0.1) is 25.2 Å². The molecule has 1 heterocycles. The van der Waals surface area contributed by atoms with Crippen LogP contribution in [0.1, 0.15) is 53.8 Å². The second-order valence-electron chi connectivity index (χ2n) is 7.94. The normalized spacial score (nSPS) is 11.8. The van der Waals surface area contributed by atoms with Crippen LogP contribution in [0.2, 0.25) is 0 Å². The van der Waals surface area contributed by atoms with Crippen molar-refractivity contribution < 1.29 is 4.79 Å². The van der Waals surface area contributed by atoms with Crippen molar-refractivity contribution in [2.45, 2.75) is 58.5 Å². The number of nitrogens with zero attached hydrogens (tertiary/aromatic N) is 3. The first-order valence-corrected chi connectivity index (χ1v) is 10.8. The van der Waals surface area contributed by atoms with Crippen LogP contribution < -0.4 is 5.32 Å². The summed E-state index contributed by atoms with van der Waals surface area (Å²) in [7, 11) is 0. The Labute approximate surface area is 184 Å². The molecule has 0 saturated heterocycles. The van der Waals surface area contributed by atoms with Gasteiger partial charge in [0.2, 0.25) is 5.91 Å². The van der Waals surface area contributed by atoms with Crippen LogP contribution in [0.15, 0.2) is 60.7 Å². The highest BCUT2D eigenvalue weighted by atomic mass is 16.1. The Morgan fingerprint density at radius 2 is 1.65 bits per heavy atom. The third-order valence-corrected chi connectivity index (χ3v) is 5.77. The molecule has 1 amide bonds. The summed E-state index contributed by atoms with van der Waals surface area (Å²) in [5.74, 6) is 0.122. The van der Waals surface area contributed by atoms with Crippen molar-refractivity contribution in [2.24, 2.45) is 0 Å². The number of rotatable bonds is 9. The molecular weight excluding hydrogens is 384 g/mol. The van der Waals surface area contributed by atoms with Crippen molar-refractivity contribution >= 4 is 5.91 Å². The van der Waals surface area contributed by atoms with E-state index >= 15 is 0 Å². The van der Waals surface area contributed by atoms with Gasteiger partial charge in [0.05, 0.1) is 24.7 Å². The predicted molar refractivity (Wildman–Crippen MR) is 123 cm³/mol. The molecule has 5 nitrogen and oxygen atoms in total.